The number of carboxylic acids is 1. The molecule has 0 amide bonds. The van der Waals surface area contributed by atoms with E-state index in [4.69, 9.17) is 5.11 Å². The molecule has 0 radical (unpaired) electrons. The van der Waals surface area contributed by atoms with Crippen LogP contribution in [0, 0.1) is 0 Å². The van der Waals surface area contributed by atoms with Crippen LogP contribution >= 0.6 is 0 Å². The highest BCUT2D eigenvalue weighted by atomic mass is 16.4. The summed E-state index contributed by atoms with van der Waals surface area (Å²) in [5, 5.41) is 8.92. The Kier molecular flexibility index (Phi) is 2.62. The van der Waals surface area contributed by atoms with Gasteiger partial charge in [-0.3, -0.25) is 0 Å². The van der Waals surface area contributed by atoms with Gasteiger partial charge in [-0.05, 0) is 37.0 Å². The van der Waals surface area contributed by atoms with Crippen LogP contribution in [0.4, 0.5) is 5.69 Å². The van der Waals surface area contributed by atoms with Crippen LogP contribution in [0.2, 0.25) is 0 Å². The van der Waals surface area contributed by atoms with Crippen LogP contribution in [0.3, 0.4) is 0 Å². The van der Waals surface area contributed by atoms with E-state index in [0.29, 0.717) is 5.56 Å². The van der Waals surface area contributed by atoms with E-state index in [9.17, 15) is 4.79 Å². The van der Waals surface area contributed by atoms with Crippen molar-refractivity contribution >= 4 is 11.7 Å². The molecule has 1 aliphatic rings. The van der Waals surface area contributed by atoms with Crippen molar-refractivity contribution in [3.63, 3.8) is 0 Å². The third kappa shape index (κ3) is 1.96. The summed E-state index contributed by atoms with van der Waals surface area (Å²) >= 11 is 0. The van der Waals surface area contributed by atoms with Crippen LogP contribution in [0.25, 0.3) is 0 Å². The summed E-state index contributed by atoms with van der Waals surface area (Å²) in [6.45, 7) is 1.01. The van der Waals surface area contributed by atoms with Gasteiger partial charge in [-0.25, -0.2) is 4.79 Å². The van der Waals surface area contributed by atoms with Gasteiger partial charge in [-0.15, -0.1) is 0 Å². The molecule has 1 heterocycles. The standard InChI is InChI=1S/C12H15NO2/c1-13-7-3-2-4-9-5-6-10(12(14)15)8-11(9)13/h5-6,8H,2-4,7H2,1H3,(H,14,15). The lowest BCUT2D eigenvalue weighted by atomic mass is 10.0. The molecule has 0 bridgehead atoms. The van der Waals surface area contributed by atoms with E-state index < -0.39 is 5.97 Å². The Bertz CT molecular complexity index is 387. The predicted octanol–water partition coefficient (Wildman–Crippen LogP) is 2.16. The number of hydrogen-bond acceptors (Lipinski definition) is 2. The first-order chi connectivity index (χ1) is 7.18. The van der Waals surface area contributed by atoms with Gasteiger partial charge in [-0.1, -0.05) is 6.07 Å². The van der Waals surface area contributed by atoms with E-state index in [1.54, 1.807) is 12.1 Å². The minimum Gasteiger partial charge on any atom is -0.478 e. The first-order valence-corrected chi connectivity index (χ1v) is 5.26. The van der Waals surface area contributed by atoms with Crippen molar-refractivity contribution in [2.24, 2.45) is 0 Å². The number of fused-ring (bicyclic) bond motifs is 1. The van der Waals surface area contributed by atoms with Crippen molar-refractivity contribution < 1.29 is 9.90 Å². The van der Waals surface area contributed by atoms with Crippen molar-refractivity contribution in [3.8, 4) is 0 Å². The Balaban J connectivity index is 2.44. The van der Waals surface area contributed by atoms with Gasteiger partial charge >= 0.3 is 5.97 Å². The highest BCUT2D eigenvalue weighted by Crippen LogP contribution is 2.26. The molecule has 1 aliphatic heterocycles. The Morgan fingerprint density at radius 1 is 1.40 bits per heavy atom. The molecule has 80 valence electrons. The zero-order valence-electron chi connectivity index (χ0n) is 8.86. The molecule has 0 unspecified atom stereocenters. The van der Waals surface area contributed by atoms with Crippen LogP contribution in [-0.4, -0.2) is 24.7 Å². The third-order valence-electron chi connectivity index (χ3n) is 2.93. The molecule has 0 spiro atoms. The second-order valence-corrected chi connectivity index (χ2v) is 4.03. The molecular formula is C12H15NO2. The fourth-order valence-corrected chi connectivity index (χ4v) is 2.05. The van der Waals surface area contributed by atoms with Crippen LogP contribution < -0.4 is 4.90 Å². The van der Waals surface area contributed by atoms with Crippen molar-refractivity contribution in [2.45, 2.75) is 19.3 Å². The molecule has 0 aliphatic carbocycles. The van der Waals surface area contributed by atoms with Gasteiger partial charge < -0.3 is 10.0 Å². The van der Waals surface area contributed by atoms with Crippen molar-refractivity contribution in [1.82, 2.24) is 0 Å². The zero-order valence-corrected chi connectivity index (χ0v) is 8.86. The summed E-state index contributed by atoms with van der Waals surface area (Å²) in [5.74, 6) is -0.851. The largest absolute Gasteiger partial charge is 0.478 e. The lowest BCUT2D eigenvalue weighted by molar-refractivity contribution is 0.0697. The molecule has 0 atom stereocenters. The number of hydrogen-bond donors (Lipinski definition) is 1. The molecule has 1 N–H and O–H groups in total. The Morgan fingerprint density at radius 3 is 2.93 bits per heavy atom. The van der Waals surface area contributed by atoms with E-state index in [0.717, 1.165) is 18.7 Å². The van der Waals surface area contributed by atoms with Gasteiger partial charge in [0.15, 0.2) is 0 Å². The molecule has 0 saturated carbocycles. The maximum atomic E-state index is 10.9. The topological polar surface area (TPSA) is 40.5 Å². The molecule has 1 aromatic rings. The smallest absolute Gasteiger partial charge is 0.335 e. The molecular weight excluding hydrogens is 190 g/mol. The fraction of sp³-hybridized carbons (Fsp3) is 0.417. The second kappa shape index (κ2) is 3.93. The van der Waals surface area contributed by atoms with Crippen molar-refractivity contribution in [2.75, 3.05) is 18.5 Å². The summed E-state index contributed by atoms with van der Waals surface area (Å²) in [4.78, 5) is 13.0. The molecule has 0 saturated heterocycles. The van der Waals surface area contributed by atoms with Gasteiger partial charge in [0.25, 0.3) is 0 Å². The van der Waals surface area contributed by atoms with Gasteiger partial charge in [0.1, 0.15) is 0 Å². The summed E-state index contributed by atoms with van der Waals surface area (Å²) < 4.78 is 0. The number of aryl methyl sites for hydroxylation is 1. The monoisotopic (exact) mass is 205 g/mol. The first kappa shape index (κ1) is 10.0. The average molecular weight is 205 g/mol. The molecule has 0 aromatic heterocycles. The number of benzene rings is 1. The highest BCUT2D eigenvalue weighted by Gasteiger charge is 2.14. The number of anilines is 1. The number of nitrogens with zero attached hydrogens (tertiary/aromatic N) is 1. The second-order valence-electron chi connectivity index (χ2n) is 4.03. The quantitative estimate of drug-likeness (QED) is 0.763. The van der Waals surface area contributed by atoms with Gasteiger partial charge in [0.2, 0.25) is 0 Å². The number of aromatic carboxylic acids is 1. The van der Waals surface area contributed by atoms with Crippen LogP contribution in [-0.2, 0) is 6.42 Å². The number of rotatable bonds is 1. The number of carboxylic acid groups (broad SMARTS) is 1. The third-order valence-corrected chi connectivity index (χ3v) is 2.93. The fourth-order valence-electron chi connectivity index (χ4n) is 2.05. The van der Waals surface area contributed by atoms with Crippen LogP contribution in [0.5, 0.6) is 0 Å². The van der Waals surface area contributed by atoms with Crippen molar-refractivity contribution in [3.05, 3.63) is 29.3 Å². The van der Waals surface area contributed by atoms with E-state index in [1.165, 1.54) is 18.4 Å². The maximum Gasteiger partial charge on any atom is 0.335 e. The molecule has 3 heteroatoms. The minimum atomic E-state index is -0.851. The maximum absolute atomic E-state index is 10.9. The predicted molar refractivity (Wildman–Crippen MR) is 59.6 cm³/mol. The summed E-state index contributed by atoms with van der Waals surface area (Å²) in [7, 11) is 2.02. The molecule has 3 nitrogen and oxygen atoms in total. The zero-order chi connectivity index (χ0) is 10.8. The summed E-state index contributed by atoms with van der Waals surface area (Å²) in [6.07, 6.45) is 3.41. The Morgan fingerprint density at radius 2 is 2.20 bits per heavy atom. The molecule has 2 rings (SSSR count). The summed E-state index contributed by atoms with van der Waals surface area (Å²) in [6, 6.07) is 5.42. The number of carbonyl (C=O) groups is 1. The normalized spacial score (nSPS) is 15.7. The van der Waals surface area contributed by atoms with Crippen molar-refractivity contribution in [1.29, 1.82) is 0 Å². The van der Waals surface area contributed by atoms with Gasteiger partial charge in [0, 0.05) is 19.3 Å². The average Bonchev–Trinajstić information content (AvgIpc) is 2.40. The van der Waals surface area contributed by atoms with Crippen LogP contribution in [0.1, 0.15) is 28.8 Å². The van der Waals surface area contributed by atoms with Gasteiger partial charge in [0.05, 0.1) is 5.56 Å². The van der Waals surface area contributed by atoms with E-state index in [1.807, 2.05) is 13.1 Å². The Hall–Kier alpha value is -1.51. The summed E-state index contributed by atoms with van der Waals surface area (Å²) in [5.41, 5.74) is 2.72. The SMILES string of the molecule is CN1CCCCc2ccc(C(=O)O)cc21. The highest BCUT2D eigenvalue weighted by molar-refractivity contribution is 5.89. The lowest BCUT2D eigenvalue weighted by Gasteiger charge is -2.19. The van der Waals surface area contributed by atoms with Gasteiger partial charge in [-0.2, -0.15) is 0 Å². The van der Waals surface area contributed by atoms with E-state index in [-0.39, 0.29) is 0 Å². The molecule has 1 aromatic carbocycles. The Labute approximate surface area is 89.3 Å². The van der Waals surface area contributed by atoms with E-state index in [2.05, 4.69) is 4.90 Å². The molecule has 0 fully saturated rings. The molecule has 15 heavy (non-hydrogen) atoms. The first-order valence-electron chi connectivity index (χ1n) is 5.26. The van der Waals surface area contributed by atoms with E-state index >= 15 is 0 Å². The minimum absolute atomic E-state index is 0.377. The lowest BCUT2D eigenvalue weighted by Crippen LogP contribution is -2.18. The van der Waals surface area contributed by atoms with Crippen LogP contribution in [0.15, 0.2) is 18.2 Å².